The van der Waals surface area contributed by atoms with Crippen LogP contribution < -0.4 is 25.5 Å². The fourth-order valence-corrected chi connectivity index (χ4v) is 4.66. The van der Waals surface area contributed by atoms with Gasteiger partial charge in [0.25, 0.3) is 0 Å². The molecule has 0 aliphatic heterocycles. The Bertz CT molecular complexity index is 1880. The van der Waals surface area contributed by atoms with Crippen molar-refractivity contribution in [2.24, 2.45) is 0 Å². The van der Waals surface area contributed by atoms with Gasteiger partial charge in [-0.05, 0) is 85.9 Å². The van der Waals surface area contributed by atoms with Crippen molar-refractivity contribution in [3.63, 3.8) is 0 Å². The van der Waals surface area contributed by atoms with Crippen molar-refractivity contribution < 1.29 is 57.2 Å². The first-order chi connectivity index (χ1) is 24.1. The Kier molecular flexibility index (Phi) is 13.3. The number of Topliss-reactive ketones (excluding diaryl/α,β-unsaturated/α-hetero) is 2. The number of alkyl carbamates (subject to hydrolysis) is 1. The SMILES string of the molecule is CC(=O)CC[C@@H](NC(=O)OC(C)(C)C)C(=O)N[C@H](CCC(C)=O)C(=O)Oc1cc(O)c2c(=O)c(-c3ccc(OC(=O)OC(C)(C)C)cc3)coc2c1. The number of nitrogens with one attached hydrogen (secondary N) is 2. The molecule has 3 N–H and O–H groups in total. The van der Waals surface area contributed by atoms with E-state index in [1.807, 2.05) is 0 Å². The molecule has 1 aromatic heterocycles. The summed E-state index contributed by atoms with van der Waals surface area (Å²) in [6, 6.07) is 5.46. The molecule has 0 spiro atoms. The van der Waals surface area contributed by atoms with Gasteiger partial charge in [0.15, 0.2) is 0 Å². The second-order valence-corrected chi connectivity index (χ2v) is 14.0. The first-order valence-electron chi connectivity index (χ1n) is 16.4. The molecule has 280 valence electrons. The number of ketones is 2. The number of carbonyl (C=O) groups excluding carboxylic acids is 6. The maximum absolute atomic E-state index is 13.4. The number of carbonyl (C=O) groups is 6. The number of hydrogen-bond donors (Lipinski definition) is 3. The van der Waals surface area contributed by atoms with Gasteiger partial charge in [0.05, 0.1) is 5.56 Å². The van der Waals surface area contributed by atoms with Crippen molar-refractivity contribution in [1.29, 1.82) is 0 Å². The monoisotopic (exact) mass is 724 g/mol. The second-order valence-electron chi connectivity index (χ2n) is 14.0. The highest BCUT2D eigenvalue weighted by Gasteiger charge is 2.30. The molecule has 1 heterocycles. The zero-order valence-corrected chi connectivity index (χ0v) is 30.4. The molecule has 2 aromatic carbocycles. The molecular formula is C37H44N2O13. The topological polar surface area (TPSA) is 214 Å². The average molecular weight is 725 g/mol. The largest absolute Gasteiger partial charge is 0.514 e. The molecule has 2 amide bonds. The van der Waals surface area contributed by atoms with Gasteiger partial charge in [0.2, 0.25) is 11.3 Å². The van der Waals surface area contributed by atoms with Gasteiger partial charge < -0.3 is 48.7 Å². The quantitative estimate of drug-likeness (QED) is 0.113. The van der Waals surface area contributed by atoms with Crippen LogP contribution in [0.1, 0.15) is 81.1 Å². The molecule has 2 atom stereocenters. The number of ether oxygens (including phenoxy) is 4. The van der Waals surface area contributed by atoms with E-state index in [1.54, 1.807) is 41.5 Å². The van der Waals surface area contributed by atoms with Gasteiger partial charge in [-0.3, -0.25) is 9.59 Å². The fraction of sp³-hybridized carbons (Fsp3) is 0.432. The summed E-state index contributed by atoms with van der Waals surface area (Å²) >= 11 is 0. The lowest BCUT2D eigenvalue weighted by atomic mass is 10.0. The van der Waals surface area contributed by atoms with Gasteiger partial charge in [0.1, 0.15) is 69.3 Å². The number of phenolic OH excluding ortho intramolecular Hbond substituents is 1. The first-order valence-corrected chi connectivity index (χ1v) is 16.4. The molecule has 0 fully saturated rings. The molecule has 52 heavy (non-hydrogen) atoms. The van der Waals surface area contributed by atoms with Crippen molar-refractivity contribution in [3.8, 4) is 28.4 Å². The van der Waals surface area contributed by atoms with Gasteiger partial charge in [-0.2, -0.15) is 0 Å². The Labute approximate surface area is 299 Å². The molecular weight excluding hydrogens is 680 g/mol. The van der Waals surface area contributed by atoms with Crippen LogP contribution in [0.2, 0.25) is 0 Å². The number of rotatable bonds is 13. The minimum Gasteiger partial charge on any atom is -0.507 e. The molecule has 15 heteroatoms. The lowest BCUT2D eigenvalue weighted by molar-refractivity contribution is -0.140. The van der Waals surface area contributed by atoms with Gasteiger partial charge in [-0.15, -0.1) is 0 Å². The van der Waals surface area contributed by atoms with Crippen LogP contribution >= 0.6 is 0 Å². The zero-order valence-electron chi connectivity index (χ0n) is 30.4. The maximum atomic E-state index is 13.4. The normalized spacial score (nSPS) is 12.6. The lowest BCUT2D eigenvalue weighted by Gasteiger charge is -2.25. The van der Waals surface area contributed by atoms with Gasteiger partial charge in [0, 0.05) is 25.0 Å². The van der Waals surface area contributed by atoms with Crippen LogP contribution in [-0.2, 0) is 28.7 Å². The minimum atomic E-state index is -1.40. The number of hydrogen-bond acceptors (Lipinski definition) is 13. The molecule has 15 nitrogen and oxygen atoms in total. The van der Waals surface area contributed by atoms with E-state index in [9.17, 15) is 38.7 Å². The first kappa shape index (κ1) is 40.7. The minimum absolute atomic E-state index is 0.0620. The average Bonchev–Trinajstić information content (AvgIpc) is 2.99. The number of fused-ring (bicyclic) bond motifs is 1. The highest BCUT2D eigenvalue weighted by molar-refractivity contribution is 5.92. The highest BCUT2D eigenvalue weighted by Crippen LogP contribution is 2.31. The molecule has 0 radical (unpaired) electrons. The molecule has 0 saturated heterocycles. The van der Waals surface area contributed by atoms with Gasteiger partial charge in [-0.25, -0.2) is 14.4 Å². The fourth-order valence-electron chi connectivity index (χ4n) is 4.66. The molecule has 3 rings (SSSR count). The number of aromatic hydroxyl groups is 1. The summed E-state index contributed by atoms with van der Waals surface area (Å²) in [5.74, 6) is -3.02. The summed E-state index contributed by atoms with van der Waals surface area (Å²) in [6.07, 6.45) is -1.12. The summed E-state index contributed by atoms with van der Waals surface area (Å²) in [7, 11) is 0. The van der Waals surface area contributed by atoms with Crippen LogP contribution in [-0.4, -0.2) is 64.1 Å². The van der Waals surface area contributed by atoms with E-state index < -0.39 is 58.6 Å². The van der Waals surface area contributed by atoms with Crippen molar-refractivity contribution in [1.82, 2.24) is 10.6 Å². The van der Waals surface area contributed by atoms with Crippen LogP contribution in [0.5, 0.6) is 17.2 Å². The van der Waals surface area contributed by atoms with Crippen molar-refractivity contribution in [2.75, 3.05) is 0 Å². The van der Waals surface area contributed by atoms with E-state index in [1.165, 1.54) is 44.2 Å². The molecule has 0 saturated carbocycles. The lowest BCUT2D eigenvalue weighted by Crippen LogP contribution is -2.53. The maximum Gasteiger partial charge on any atom is 0.514 e. The van der Waals surface area contributed by atoms with Crippen LogP contribution in [0, 0.1) is 0 Å². The van der Waals surface area contributed by atoms with Crippen molar-refractivity contribution in [3.05, 3.63) is 52.9 Å². The Balaban J connectivity index is 1.83. The number of phenols is 1. The smallest absolute Gasteiger partial charge is 0.507 e. The predicted molar refractivity (Wildman–Crippen MR) is 187 cm³/mol. The summed E-state index contributed by atoms with van der Waals surface area (Å²) in [4.78, 5) is 87.9. The van der Waals surface area contributed by atoms with Crippen LogP contribution in [0.3, 0.4) is 0 Å². The summed E-state index contributed by atoms with van der Waals surface area (Å²) in [5, 5.41) is 15.5. The van der Waals surface area contributed by atoms with Crippen molar-refractivity contribution >= 4 is 46.7 Å². The van der Waals surface area contributed by atoms with E-state index >= 15 is 0 Å². The van der Waals surface area contributed by atoms with E-state index in [0.29, 0.717) is 5.56 Å². The summed E-state index contributed by atoms with van der Waals surface area (Å²) in [6.45, 7) is 12.6. The molecule has 0 aliphatic carbocycles. The van der Waals surface area contributed by atoms with Crippen LogP contribution in [0.15, 0.2) is 51.9 Å². The van der Waals surface area contributed by atoms with E-state index in [2.05, 4.69) is 10.6 Å². The Morgan fingerprint density at radius 1 is 0.769 bits per heavy atom. The van der Waals surface area contributed by atoms with Gasteiger partial charge in [-0.1, -0.05) is 12.1 Å². The Morgan fingerprint density at radius 3 is 1.90 bits per heavy atom. The standard InChI is InChI=1S/C37H44N2O13/c1-20(40)9-15-26(39-34(46)51-36(3,4)5)32(44)38-27(16-10-21(2)41)33(45)49-24-17-28(42)30-29(18-24)48-19-25(31(30)43)22-11-13-23(14-12-22)50-35(47)52-37(6,7)8/h11-14,17-19,26-27,42H,9-10,15-16H2,1-8H3,(H,38,44)(H,39,46)/t26-,27-/m1/s1. The predicted octanol–water partition coefficient (Wildman–Crippen LogP) is 5.50. The third-order valence-corrected chi connectivity index (χ3v) is 6.98. The Hall–Kier alpha value is -5.73. The third kappa shape index (κ3) is 12.5. The molecule has 0 unspecified atom stereocenters. The van der Waals surface area contributed by atoms with E-state index in [-0.39, 0.29) is 65.3 Å². The van der Waals surface area contributed by atoms with Gasteiger partial charge >= 0.3 is 18.2 Å². The number of esters is 1. The second kappa shape index (κ2) is 17.0. The molecule has 3 aromatic rings. The summed E-state index contributed by atoms with van der Waals surface area (Å²) < 4.78 is 26.6. The summed E-state index contributed by atoms with van der Waals surface area (Å²) in [5.41, 5.74) is -1.92. The van der Waals surface area contributed by atoms with Crippen LogP contribution in [0.4, 0.5) is 9.59 Å². The molecule has 0 aliphatic rings. The third-order valence-electron chi connectivity index (χ3n) is 6.98. The Morgan fingerprint density at radius 2 is 1.35 bits per heavy atom. The van der Waals surface area contributed by atoms with Crippen molar-refractivity contribution in [2.45, 2.75) is 104 Å². The van der Waals surface area contributed by atoms with E-state index in [4.69, 9.17) is 23.4 Å². The number of benzene rings is 2. The molecule has 0 bridgehead atoms. The van der Waals surface area contributed by atoms with Crippen LogP contribution in [0.25, 0.3) is 22.1 Å². The highest BCUT2D eigenvalue weighted by atomic mass is 16.7. The zero-order chi connectivity index (χ0) is 39.0. The van der Waals surface area contributed by atoms with E-state index in [0.717, 1.165) is 12.3 Å². The number of amides is 2.